The first-order valence-electron chi connectivity index (χ1n) is 5.68. The molecule has 0 bridgehead atoms. The Morgan fingerprint density at radius 2 is 2.06 bits per heavy atom. The number of allylic oxidation sites excluding steroid dienone is 1. The molecule has 0 radical (unpaired) electrons. The molecule has 1 amide bonds. The van der Waals surface area contributed by atoms with Gasteiger partial charge < -0.3 is 10.0 Å². The van der Waals surface area contributed by atoms with Crippen molar-refractivity contribution in [2.75, 3.05) is 13.1 Å². The summed E-state index contributed by atoms with van der Waals surface area (Å²) < 4.78 is 0. The van der Waals surface area contributed by atoms with Crippen LogP contribution in [-0.2, 0) is 9.59 Å². The Morgan fingerprint density at radius 3 is 2.50 bits per heavy atom. The van der Waals surface area contributed by atoms with Gasteiger partial charge in [0.15, 0.2) is 0 Å². The molecule has 0 heterocycles. The van der Waals surface area contributed by atoms with Gasteiger partial charge in [0.05, 0.1) is 6.42 Å². The van der Waals surface area contributed by atoms with Crippen LogP contribution >= 0.6 is 0 Å². The third-order valence-electron chi connectivity index (χ3n) is 2.83. The lowest BCUT2D eigenvalue weighted by molar-refractivity contribution is -0.138. The van der Waals surface area contributed by atoms with Gasteiger partial charge in [0.2, 0.25) is 5.91 Å². The van der Waals surface area contributed by atoms with Crippen LogP contribution in [0.25, 0.3) is 0 Å². The van der Waals surface area contributed by atoms with Gasteiger partial charge in [-0.15, -0.1) is 0 Å². The molecule has 4 nitrogen and oxygen atoms in total. The molecule has 4 heteroatoms. The molecule has 0 spiro atoms. The van der Waals surface area contributed by atoms with E-state index >= 15 is 0 Å². The molecule has 0 atom stereocenters. The minimum atomic E-state index is -0.855. The molecule has 1 aliphatic carbocycles. The van der Waals surface area contributed by atoms with Gasteiger partial charge in [-0.2, -0.15) is 0 Å². The maximum atomic E-state index is 11.9. The van der Waals surface area contributed by atoms with Crippen LogP contribution in [0.1, 0.15) is 33.1 Å². The summed E-state index contributed by atoms with van der Waals surface area (Å²) in [7, 11) is 0. The van der Waals surface area contributed by atoms with E-state index in [1.54, 1.807) is 17.9 Å². The summed E-state index contributed by atoms with van der Waals surface area (Å²) >= 11 is 0. The quantitative estimate of drug-likeness (QED) is 0.699. The normalized spacial score (nSPS) is 16.0. The van der Waals surface area contributed by atoms with Crippen LogP contribution in [0.5, 0.6) is 0 Å². The zero-order valence-corrected chi connectivity index (χ0v) is 9.90. The molecule has 90 valence electrons. The summed E-state index contributed by atoms with van der Waals surface area (Å²) in [6.45, 7) is 4.61. The molecule has 1 fully saturated rings. The van der Waals surface area contributed by atoms with Crippen molar-refractivity contribution >= 4 is 11.9 Å². The van der Waals surface area contributed by atoms with Crippen molar-refractivity contribution in [2.24, 2.45) is 5.92 Å². The average molecular weight is 225 g/mol. The fourth-order valence-corrected chi connectivity index (χ4v) is 1.49. The van der Waals surface area contributed by atoms with Gasteiger partial charge in [-0.3, -0.25) is 9.59 Å². The fraction of sp³-hybridized carbons (Fsp3) is 0.667. The van der Waals surface area contributed by atoms with Crippen LogP contribution in [-0.4, -0.2) is 35.0 Å². The number of carbonyl (C=O) groups excluding carboxylic acids is 1. The zero-order chi connectivity index (χ0) is 12.1. The summed E-state index contributed by atoms with van der Waals surface area (Å²) in [5, 5.41) is 8.64. The van der Waals surface area contributed by atoms with Gasteiger partial charge in [-0.05, 0) is 32.6 Å². The van der Waals surface area contributed by atoms with Gasteiger partial charge in [0.25, 0.3) is 0 Å². The van der Waals surface area contributed by atoms with E-state index in [0.29, 0.717) is 24.6 Å². The molecule has 1 rings (SSSR count). The number of carboxylic acid groups (broad SMARTS) is 1. The van der Waals surface area contributed by atoms with E-state index in [-0.39, 0.29) is 12.3 Å². The summed E-state index contributed by atoms with van der Waals surface area (Å²) in [4.78, 5) is 24.1. The second-order valence-electron chi connectivity index (χ2n) is 4.31. The molecule has 1 aliphatic rings. The lowest BCUT2D eigenvalue weighted by atomic mass is 10.2. The smallest absolute Gasteiger partial charge is 0.305 e. The number of hydrogen-bond acceptors (Lipinski definition) is 2. The molecule has 1 N–H and O–H groups in total. The second kappa shape index (κ2) is 5.68. The highest BCUT2D eigenvalue weighted by Gasteiger charge is 2.27. The Kier molecular flexibility index (Phi) is 4.52. The molecular weight excluding hydrogens is 206 g/mol. The van der Waals surface area contributed by atoms with E-state index in [4.69, 9.17) is 5.11 Å². The van der Waals surface area contributed by atoms with E-state index in [1.807, 2.05) is 6.92 Å². The van der Waals surface area contributed by atoms with Crippen LogP contribution in [0.15, 0.2) is 11.6 Å². The van der Waals surface area contributed by atoms with Gasteiger partial charge in [-0.25, -0.2) is 0 Å². The molecule has 16 heavy (non-hydrogen) atoms. The third kappa shape index (κ3) is 4.04. The minimum absolute atomic E-state index is 0.0233. The number of carbonyl (C=O) groups is 2. The zero-order valence-electron chi connectivity index (χ0n) is 9.90. The van der Waals surface area contributed by atoms with E-state index in [0.717, 1.165) is 12.8 Å². The molecular formula is C12H19NO3. The van der Waals surface area contributed by atoms with E-state index in [9.17, 15) is 9.59 Å². The highest BCUT2D eigenvalue weighted by atomic mass is 16.4. The van der Waals surface area contributed by atoms with Crippen LogP contribution in [0, 0.1) is 5.92 Å². The maximum Gasteiger partial charge on any atom is 0.305 e. The van der Waals surface area contributed by atoms with Crippen molar-refractivity contribution in [2.45, 2.75) is 33.1 Å². The first kappa shape index (κ1) is 12.7. The Hall–Kier alpha value is -1.32. The Labute approximate surface area is 95.9 Å². The Morgan fingerprint density at radius 1 is 1.44 bits per heavy atom. The molecule has 0 unspecified atom stereocenters. The van der Waals surface area contributed by atoms with Crippen molar-refractivity contribution < 1.29 is 14.7 Å². The van der Waals surface area contributed by atoms with Crippen molar-refractivity contribution in [1.82, 2.24) is 4.90 Å². The Bertz CT molecular complexity index is 305. The topological polar surface area (TPSA) is 57.6 Å². The van der Waals surface area contributed by atoms with Crippen LogP contribution in [0.4, 0.5) is 0 Å². The summed E-state index contributed by atoms with van der Waals surface area (Å²) in [5.74, 6) is -0.301. The van der Waals surface area contributed by atoms with Gasteiger partial charge in [0.1, 0.15) is 0 Å². The second-order valence-corrected chi connectivity index (χ2v) is 4.31. The summed E-state index contributed by atoms with van der Waals surface area (Å²) in [6, 6.07) is 0. The van der Waals surface area contributed by atoms with Gasteiger partial charge in [0, 0.05) is 18.7 Å². The lowest BCUT2D eigenvalue weighted by Gasteiger charge is -2.22. The molecule has 1 saturated carbocycles. The number of amides is 1. The standard InChI is InChI=1S/C12H19NO3/c1-3-9(2)12(16)13(7-6-11(14)15)8-10-4-5-10/h3,10H,4-8H2,1-2H3,(H,14,15)/b9-3-. The van der Waals surface area contributed by atoms with Crippen molar-refractivity contribution in [1.29, 1.82) is 0 Å². The molecule has 0 aliphatic heterocycles. The average Bonchev–Trinajstić information content (AvgIpc) is 3.05. The maximum absolute atomic E-state index is 11.9. The summed E-state index contributed by atoms with van der Waals surface area (Å²) in [6.07, 6.45) is 4.11. The van der Waals surface area contributed by atoms with E-state index in [2.05, 4.69) is 0 Å². The molecule has 0 aromatic rings. The van der Waals surface area contributed by atoms with Crippen molar-refractivity contribution in [3.05, 3.63) is 11.6 Å². The van der Waals surface area contributed by atoms with Gasteiger partial charge in [-0.1, -0.05) is 6.08 Å². The van der Waals surface area contributed by atoms with Crippen LogP contribution in [0.2, 0.25) is 0 Å². The predicted octanol–water partition coefficient (Wildman–Crippen LogP) is 1.67. The first-order chi connectivity index (χ1) is 7.54. The summed E-state index contributed by atoms with van der Waals surface area (Å²) in [5.41, 5.74) is 0.686. The highest BCUT2D eigenvalue weighted by molar-refractivity contribution is 5.92. The number of nitrogens with zero attached hydrogens (tertiary/aromatic N) is 1. The number of rotatable bonds is 6. The SMILES string of the molecule is C/C=C(/C)C(=O)N(CCC(=O)O)CC1CC1. The number of aliphatic carboxylic acids is 1. The minimum Gasteiger partial charge on any atom is -0.481 e. The van der Waals surface area contributed by atoms with Crippen molar-refractivity contribution in [3.8, 4) is 0 Å². The third-order valence-corrected chi connectivity index (χ3v) is 2.83. The van der Waals surface area contributed by atoms with Gasteiger partial charge >= 0.3 is 5.97 Å². The Balaban J connectivity index is 2.54. The number of hydrogen-bond donors (Lipinski definition) is 1. The first-order valence-corrected chi connectivity index (χ1v) is 5.68. The molecule has 0 aromatic carbocycles. The largest absolute Gasteiger partial charge is 0.481 e. The molecule has 0 aromatic heterocycles. The highest BCUT2D eigenvalue weighted by Crippen LogP contribution is 2.30. The van der Waals surface area contributed by atoms with Crippen LogP contribution < -0.4 is 0 Å². The lowest BCUT2D eigenvalue weighted by Crippen LogP contribution is -2.35. The van der Waals surface area contributed by atoms with Crippen LogP contribution in [0.3, 0.4) is 0 Å². The number of carboxylic acids is 1. The van der Waals surface area contributed by atoms with E-state index < -0.39 is 5.97 Å². The predicted molar refractivity (Wildman–Crippen MR) is 61.0 cm³/mol. The fourth-order valence-electron chi connectivity index (χ4n) is 1.49. The van der Waals surface area contributed by atoms with Crippen molar-refractivity contribution in [3.63, 3.8) is 0 Å². The molecule has 0 saturated heterocycles. The van der Waals surface area contributed by atoms with E-state index in [1.165, 1.54) is 0 Å². The monoisotopic (exact) mass is 225 g/mol.